The van der Waals surface area contributed by atoms with Crippen LogP contribution in [0, 0.1) is 0 Å². The SMILES string of the molecule is CCn1ccc2c(CN3CCC4(CC3)C[C@@H](O)[C@@H](O)CO4)cccc21. The highest BCUT2D eigenvalue weighted by Crippen LogP contribution is 2.35. The summed E-state index contributed by atoms with van der Waals surface area (Å²) in [5.74, 6) is 0. The van der Waals surface area contributed by atoms with Gasteiger partial charge in [-0.2, -0.15) is 0 Å². The molecule has 5 heteroatoms. The molecule has 2 atom stereocenters. The summed E-state index contributed by atoms with van der Waals surface area (Å²) < 4.78 is 8.22. The Morgan fingerprint density at radius 2 is 1.96 bits per heavy atom. The third kappa shape index (κ3) is 3.22. The molecule has 2 saturated heterocycles. The van der Waals surface area contributed by atoms with Gasteiger partial charge in [0.05, 0.1) is 18.3 Å². The highest BCUT2D eigenvalue weighted by atomic mass is 16.5. The van der Waals surface area contributed by atoms with E-state index in [2.05, 4.69) is 46.9 Å². The minimum absolute atomic E-state index is 0.243. The van der Waals surface area contributed by atoms with E-state index in [1.165, 1.54) is 16.5 Å². The number of rotatable bonds is 3. The van der Waals surface area contributed by atoms with Crippen molar-refractivity contribution in [1.29, 1.82) is 0 Å². The first-order chi connectivity index (χ1) is 12.1. The van der Waals surface area contributed by atoms with E-state index in [0.29, 0.717) is 6.42 Å². The van der Waals surface area contributed by atoms with Gasteiger partial charge in [-0.05, 0) is 37.5 Å². The van der Waals surface area contributed by atoms with Gasteiger partial charge in [0.1, 0.15) is 6.10 Å². The number of benzene rings is 1. The third-order valence-corrected chi connectivity index (χ3v) is 5.99. The van der Waals surface area contributed by atoms with E-state index in [1.54, 1.807) is 0 Å². The van der Waals surface area contributed by atoms with Crippen molar-refractivity contribution in [2.75, 3.05) is 19.7 Å². The summed E-state index contributed by atoms with van der Waals surface area (Å²) in [6, 6.07) is 8.79. The molecule has 0 unspecified atom stereocenters. The lowest BCUT2D eigenvalue weighted by atomic mass is 9.82. The highest BCUT2D eigenvalue weighted by Gasteiger charge is 2.42. The summed E-state index contributed by atoms with van der Waals surface area (Å²) in [5.41, 5.74) is 2.44. The van der Waals surface area contributed by atoms with Gasteiger partial charge in [0.2, 0.25) is 0 Å². The minimum atomic E-state index is -0.733. The lowest BCUT2D eigenvalue weighted by Gasteiger charge is -2.46. The van der Waals surface area contributed by atoms with Crippen molar-refractivity contribution in [2.45, 2.75) is 57.1 Å². The molecule has 0 bridgehead atoms. The zero-order valence-corrected chi connectivity index (χ0v) is 14.9. The Bertz CT molecular complexity index is 734. The van der Waals surface area contributed by atoms with Gasteiger partial charge in [-0.25, -0.2) is 0 Å². The van der Waals surface area contributed by atoms with Crippen LogP contribution in [0.5, 0.6) is 0 Å². The summed E-state index contributed by atoms with van der Waals surface area (Å²) in [4.78, 5) is 2.48. The second-order valence-electron chi connectivity index (χ2n) is 7.56. The average Bonchev–Trinajstić information content (AvgIpc) is 3.05. The number of hydrogen-bond acceptors (Lipinski definition) is 4. The zero-order valence-electron chi connectivity index (χ0n) is 14.9. The second-order valence-corrected chi connectivity index (χ2v) is 7.56. The molecule has 0 radical (unpaired) electrons. The third-order valence-electron chi connectivity index (χ3n) is 5.99. The predicted molar refractivity (Wildman–Crippen MR) is 97.4 cm³/mol. The molecule has 2 aliphatic rings. The van der Waals surface area contributed by atoms with Crippen LogP contribution < -0.4 is 0 Å². The van der Waals surface area contributed by atoms with Crippen molar-refractivity contribution in [2.24, 2.45) is 0 Å². The highest BCUT2D eigenvalue weighted by molar-refractivity contribution is 5.83. The standard InChI is InChI=1S/C20H28N2O3/c1-2-22-9-6-16-15(4-3-5-17(16)22)13-21-10-7-20(8-11-21)12-18(23)19(24)14-25-20/h3-6,9,18-19,23-24H,2,7-8,10-14H2,1H3/t18-,19+/m1/s1. The molecule has 5 nitrogen and oxygen atoms in total. The number of aryl methyl sites for hydroxylation is 1. The van der Waals surface area contributed by atoms with E-state index in [9.17, 15) is 10.2 Å². The van der Waals surface area contributed by atoms with Crippen LogP contribution in [-0.2, 0) is 17.8 Å². The van der Waals surface area contributed by atoms with Crippen LogP contribution in [0.4, 0.5) is 0 Å². The first kappa shape index (κ1) is 17.0. The Morgan fingerprint density at radius 3 is 2.68 bits per heavy atom. The fourth-order valence-electron chi connectivity index (χ4n) is 4.36. The monoisotopic (exact) mass is 344 g/mol. The van der Waals surface area contributed by atoms with Gasteiger partial charge in [0.25, 0.3) is 0 Å². The molecule has 4 rings (SSSR count). The fourth-order valence-corrected chi connectivity index (χ4v) is 4.36. The van der Waals surface area contributed by atoms with Crippen molar-refractivity contribution >= 4 is 10.9 Å². The number of ether oxygens (including phenoxy) is 1. The molecule has 3 heterocycles. The Labute approximate surface area is 148 Å². The molecule has 25 heavy (non-hydrogen) atoms. The van der Waals surface area contributed by atoms with Gasteiger partial charge < -0.3 is 19.5 Å². The van der Waals surface area contributed by atoms with E-state index in [-0.39, 0.29) is 12.2 Å². The number of piperidine rings is 1. The first-order valence-corrected chi connectivity index (χ1v) is 9.39. The van der Waals surface area contributed by atoms with E-state index in [1.807, 2.05) is 0 Å². The van der Waals surface area contributed by atoms with Crippen molar-refractivity contribution < 1.29 is 14.9 Å². The van der Waals surface area contributed by atoms with Gasteiger partial charge >= 0.3 is 0 Å². The quantitative estimate of drug-likeness (QED) is 0.896. The van der Waals surface area contributed by atoms with Gasteiger partial charge in [-0.1, -0.05) is 12.1 Å². The fraction of sp³-hybridized carbons (Fsp3) is 0.600. The minimum Gasteiger partial charge on any atom is -0.390 e. The number of fused-ring (bicyclic) bond motifs is 1. The van der Waals surface area contributed by atoms with Crippen LogP contribution in [0.3, 0.4) is 0 Å². The number of aromatic nitrogens is 1. The molecule has 0 saturated carbocycles. The summed E-state index contributed by atoms with van der Waals surface area (Å²) in [6.45, 7) is 6.30. The largest absolute Gasteiger partial charge is 0.390 e. The van der Waals surface area contributed by atoms with Crippen LogP contribution >= 0.6 is 0 Å². The maximum atomic E-state index is 9.99. The van der Waals surface area contributed by atoms with Crippen molar-refractivity contribution in [3.05, 3.63) is 36.0 Å². The Kier molecular flexibility index (Phi) is 4.58. The average molecular weight is 344 g/mol. The molecule has 2 aliphatic heterocycles. The number of hydrogen-bond donors (Lipinski definition) is 2. The van der Waals surface area contributed by atoms with Gasteiger partial charge in [-0.15, -0.1) is 0 Å². The number of likely N-dealkylation sites (tertiary alicyclic amines) is 1. The molecule has 1 spiro atoms. The van der Waals surface area contributed by atoms with Crippen molar-refractivity contribution in [1.82, 2.24) is 9.47 Å². The van der Waals surface area contributed by atoms with Crippen molar-refractivity contribution in [3.8, 4) is 0 Å². The zero-order chi connectivity index (χ0) is 17.4. The van der Waals surface area contributed by atoms with Crippen molar-refractivity contribution in [3.63, 3.8) is 0 Å². The molecule has 0 amide bonds. The van der Waals surface area contributed by atoms with Crippen LogP contribution in [0.2, 0.25) is 0 Å². The summed E-state index contributed by atoms with van der Waals surface area (Å²) in [6.07, 6.45) is 3.18. The molecule has 2 N–H and O–H groups in total. The molecule has 1 aromatic carbocycles. The summed E-state index contributed by atoms with van der Waals surface area (Å²) in [7, 11) is 0. The van der Waals surface area contributed by atoms with Crippen LogP contribution in [-0.4, -0.2) is 57.2 Å². The molecule has 136 valence electrons. The maximum Gasteiger partial charge on any atom is 0.103 e. The number of nitrogens with zero attached hydrogens (tertiary/aromatic N) is 2. The molecule has 0 aliphatic carbocycles. The van der Waals surface area contributed by atoms with E-state index in [0.717, 1.165) is 39.0 Å². The molecule has 2 aromatic rings. The van der Waals surface area contributed by atoms with Gasteiger partial charge in [0, 0.05) is 49.7 Å². The van der Waals surface area contributed by atoms with E-state index >= 15 is 0 Å². The van der Waals surface area contributed by atoms with E-state index in [4.69, 9.17) is 4.74 Å². The van der Waals surface area contributed by atoms with Crippen LogP contribution in [0.15, 0.2) is 30.5 Å². The van der Waals surface area contributed by atoms with Gasteiger partial charge in [0.15, 0.2) is 0 Å². The molecule has 2 fully saturated rings. The Morgan fingerprint density at radius 1 is 1.16 bits per heavy atom. The maximum absolute atomic E-state index is 9.99. The normalized spacial score (nSPS) is 27.2. The lowest BCUT2D eigenvalue weighted by Crippen LogP contribution is -2.54. The number of aliphatic hydroxyl groups is 2. The summed E-state index contributed by atoms with van der Waals surface area (Å²) in [5, 5.41) is 21.0. The molecular formula is C20H28N2O3. The lowest BCUT2D eigenvalue weighted by molar-refractivity contribution is -0.188. The number of aliphatic hydroxyl groups excluding tert-OH is 2. The van der Waals surface area contributed by atoms with Gasteiger partial charge in [-0.3, -0.25) is 4.90 Å². The Balaban J connectivity index is 1.43. The summed E-state index contributed by atoms with van der Waals surface area (Å²) >= 11 is 0. The topological polar surface area (TPSA) is 57.9 Å². The van der Waals surface area contributed by atoms with E-state index < -0.39 is 12.2 Å². The smallest absolute Gasteiger partial charge is 0.103 e. The first-order valence-electron chi connectivity index (χ1n) is 9.39. The predicted octanol–water partition coefficient (Wildman–Crippen LogP) is 2.14. The van der Waals surface area contributed by atoms with Crippen LogP contribution in [0.1, 0.15) is 31.7 Å². The molecule has 1 aromatic heterocycles. The van der Waals surface area contributed by atoms with Crippen LogP contribution in [0.25, 0.3) is 10.9 Å². The Hall–Kier alpha value is -1.40. The molecular weight excluding hydrogens is 316 g/mol. The second kappa shape index (κ2) is 6.72.